The number of aliphatic hydroxyl groups excluding tert-OH is 1. The number of methoxy groups -OCH3 is 1. The molecule has 0 saturated carbocycles. The molecule has 0 amide bonds. The normalized spacial score (nSPS) is 12.6. The molecule has 1 aromatic carbocycles. The number of hydrogen-bond donors (Lipinski definition) is 2. The van der Waals surface area contributed by atoms with Crippen LogP contribution in [0.3, 0.4) is 0 Å². The zero-order valence-corrected chi connectivity index (χ0v) is 9.92. The standard InChI is InChI=1S/C10H13BrFNO2/c1-15-10-7(11)4-6(5-8(10)12)9(13)2-3-14/h4-5,9,14H,2-3,13H2,1H3. The van der Waals surface area contributed by atoms with Crippen LogP contribution in [0.15, 0.2) is 16.6 Å². The topological polar surface area (TPSA) is 55.5 Å². The number of benzene rings is 1. The number of rotatable bonds is 4. The average Bonchev–Trinajstić information content (AvgIpc) is 2.17. The maximum absolute atomic E-state index is 13.4. The summed E-state index contributed by atoms with van der Waals surface area (Å²) in [5, 5.41) is 8.73. The van der Waals surface area contributed by atoms with Gasteiger partial charge in [0.25, 0.3) is 0 Å². The molecule has 15 heavy (non-hydrogen) atoms. The fourth-order valence-corrected chi connectivity index (χ4v) is 1.91. The van der Waals surface area contributed by atoms with Crippen molar-refractivity contribution >= 4 is 15.9 Å². The average molecular weight is 278 g/mol. The minimum atomic E-state index is -0.463. The summed E-state index contributed by atoms with van der Waals surface area (Å²) in [5.41, 5.74) is 6.38. The summed E-state index contributed by atoms with van der Waals surface area (Å²) in [5.74, 6) is -0.301. The van der Waals surface area contributed by atoms with Crippen molar-refractivity contribution in [3.63, 3.8) is 0 Å². The summed E-state index contributed by atoms with van der Waals surface area (Å²) in [6.45, 7) is -0.0214. The third-order valence-corrected chi connectivity index (χ3v) is 2.68. The molecule has 1 rings (SSSR count). The first-order valence-corrected chi connectivity index (χ1v) is 5.28. The van der Waals surface area contributed by atoms with E-state index in [-0.39, 0.29) is 18.4 Å². The molecule has 0 aromatic heterocycles. The van der Waals surface area contributed by atoms with Gasteiger partial charge in [0, 0.05) is 12.6 Å². The molecule has 1 unspecified atom stereocenters. The van der Waals surface area contributed by atoms with Gasteiger partial charge in [-0.25, -0.2) is 4.39 Å². The monoisotopic (exact) mass is 277 g/mol. The second kappa shape index (κ2) is 5.44. The molecule has 1 atom stereocenters. The van der Waals surface area contributed by atoms with Gasteiger partial charge in [0.1, 0.15) is 0 Å². The molecule has 0 fully saturated rings. The number of hydrogen-bond acceptors (Lipinski definition) is 3. The van der Waals surface area contributed by atoms with Gasteiger partial charge in [0.15, 0.2) is 11.6 Å². The van der Waals surface area contributed by atoms with Gasteiger partial charge in [-0.2, -0.15) is 0 Å². The Morgan fingerprint density at radius 2 is 2.27 bits per heavy atom. The van der Waals surface area contributed by atoms with Crippen LogP contribution >= 0.6 is 15.9 Å². The zero-order valence-electron chi connectivity index (χ0n) is 8.34. The Balaban J connectivity index is 3.02. The van der Waals surface area contributed by atoms with E-state index in [0.29, 0.717) is 16.5 Å². The Morgan fingerprint density at radius 1 is 1.60 bits per heavy atom. The van der Waals surface area contributed by atoms with Crippen molar-refractivity contribution in [2.75, 3.05) is 13.7 Å². The molecule has 0 saturated heterocycles. The second-order valence-corrected chi connectivity index (χ2v) is 3.99. The SMILES string of the molecule is COc1c(F)cc(C(N)CCO)cc1Br. The minimum absolute atomic E-state index is 0.0214. The third-order valence-electron chi connectivity index (χ3n) is 2.09. The quantitative estimate of drug-likeness (QED) is 0.885. The Hall–Kier alpha value is -0.650. The number of halogens is 2. The van der Waals surface area contributed by atoms with Crippen LogP contribution in [0.1, 0.15) is 18.0 Å². The van der Waals surface area contributed by atoms with Crippen molar-refractivity contribution in [1.29, 1.82) is 0 Å². The van der Waals surface area contributed by atoms with E-state index in [9.17, 15) is 4.39 Å². The van der Waals surface area contributed by atoms with E-state index in [1.54, 1.807) is 6.07 Å². The van der Waals surface area contributed by atoms with Gasteiger partial charge in [-0.3, -0.25) is 0 Å². The Bertz CT molecular complexity index is 323. The van der Waals surface area contributed by atoms with E-state index in [1.165, 1.54) is 13.2 Å². The largest absolute Gasteiger partial charge is 0.492 e. The summed E-state index contributed by atoms with van der Waals surface area (Å²) >= 11 is 3.19. The van der Waals surface area contributed by atoms with Crippen molar-refractivity contribution in [3.05, 3.63) is 28.0 Å². The second-order valence-electron chi connectivity index (χ2n) is 3.14. The predicted molar refractivity (Wildman–Crippen MR) is 59.3 cm³/mol. The molecule has 5 heteroatoms. The van der Waals surface area contributed by atoms with Crippen LogP contribution in [0.25, 0.3) is 0 Å². The summed E-state index contributed by atoms with van der Waals surface area (Å²) in [7, 11) is 1.40. The molecule has 0 aliphatic rings. The Labute approximate surface area is 96.2 Å². The molecule has 0 spiro atoms. The maximum Gasteiger partial charge on any atom is 0.168 e. The summed E-state index contributed by atoms with van der Waals surface area (Å²) < 4.78 is 18.8. The lowest BCUT2D eigenvalue weighted by atomic mass is 10.0. The van der Waals surface area contributed by atoms with Gasteiger partial charge < -0.3 is 15.6 Å². The number of ether oxygens (including phenoxy) is 1. The molecule has 0 aliphatic carbocycles. The van der Waals surface area contributed by atoms with Crippen LogP contribution in [0.5, 0.6) is 5.75 Å². The van der Waals surface area contributed by atoms with E-state index in [4.69, 9.17) is 15.6 Å². The van der Waals surface area contributed by atoms with Gasteiger partial charge >= 0.3 is 0 Å². The number of aliphatic hydroxyl groups is 1. The highest BCUT2D eigenvalue weighted by Crippen LogP contribution is 2.31. The third kappa shape index (κ3) is 2.90. The van der Waals surface area contributed by atoms with Crippen molar-refractivity contribution in [1.82, 2.24) is 0 Å². The fourth-order valence-electron chi connectivity index (χ4n) is 1.29. The molecule has 84 valence electrons. The molecular formula is C10H13BrFNO2. The lowest BCUT2D eigenvalue weighted by molar-refractivity contribution is 0.276. The zero-order chi connectivity index (χ0) is 11.4. The predicted octanol–water partition coefficient (Wildman–Crippen LogP) is 1.98. The van der Waals surface area contributed by atoms with Gasteiger partial charge in [-0.1, -0.05) is 0 Å². The van der Waals surface area contributed by atoms with Crippen LogP contribution in [-0.2, 0) is 0 Å². The summed E-state index contributed by atoms with van der Waals surface area (Å²) in [4.78, 5) is 0. The first kappa shape index (κ1) is 12.4. The van der Waals surface area contributed by atoms with Gasteiger partial charge in [-0.15, -0.1) is 0 Å². The van der Waals surface area contributed by atoms with Crippen LogP contribution in [0.2, 0.25) is 0 Å². The fraction of sp³-hybridized carbons (Fsp3) is 0.400. The first-order valence-electron chi connectivity index (χ1n) is 4.49. The van der Waals surface area contributed by atoms with E-state index >= 15 is 0 Å². The lowest BCUT2D eigenvalue weighted by Gasteiger charge is -2.13. The van der Waals surface area contributed by atoms with E-state index < -0.39 is 5.82 Å². The summed E-state index contributed by atoms with van der Waals surface area (Å²) in [6, 6.07) is 2.65. The van der Waals surface area contributed by atoms with Crippen LogP contribution < -0.4 is 10.5 Å². The maximum atomic E-state index is 13.4. The summed E-state index contributed by atoms with van der Waals surface area (Å²) in [6.07, 6.45) is 0.401. The van der Waals surface area contributed by atoms with E-state index in [2.05, 4.69) is 15.9 Å². The number of nitrogens with two attached hydrogens (primary N) is 1. The molecule has 0 bridgehead atoms. The van der Waals surface area contributed by atoms with E-state index in [0.717, 1.165) is 0 Å². The molecular weight excluding hydrogens is 265 g/mol. The van der Waals surface area contributed by atoms with Crippen molar-refractivity contribution in [2.24, 2.45) is 5.73 Å². The Morgan fingerprint density at radius 3 is 2.73 bits per heavy atom. The van der Waals surface area contributed by atoms with Crippen LogP contribution in [-0.4, -0.2) is 18.8 Å². The van der Waals surface area contributed by atoms with Crippen LogP contribution in [0.4, 0.5) is 4.39 Å². The minimum Gasteiger partial charge on any atom is -0.492 e. The molecule has 3 N–H and O–H groups in total. The van der Waals surface area contributed by atoms with Crippen LogP contribution in [0, 0.1) is 5.82 Å². The Kier molecular flexibility index (Phi) is 4.50. The van der Waals surface area contributed by atoms with Crippen molar-refractivity contribution in [2.45, 2.75) is 12.5 Å². The molecule has 3 nitrogen and oxygen atoms in total. The smallest absolute Gasteiger partial charge is 0.168 e. The molecule has 1 aromatic rings. The molecule has 0 heterocycles. The highest BCUT2D eigenvalue weighted by molar-refractivity contribution is 9.10. The van der Waals surface area contributed by atoms with Crippen molar-refractivity contribution in [3.8, 4) is 5.75 Å². The highest BCUT2D eigenvalue weighted by atomic mass is 79.9. The van der Waals surface area contributed by atoms with Crippen molar-refractivity contribution < 1.29 is 14.2 Å². The lowest BCUT2D eigenvalue weighted by Crippen LogP contribution is -2.12. The van der Waals surface area contributed by atoms with Gasteiger partial charge in [0.05, 0.1) is 11.6 Å². The highest BCUT2D eigenvalue weighted by Gasteiger charge is 2.13. The van der Waals surface area contributed by atoms with Gasteiger partial charge in [-0.05, 0) is 40.0 Å². The molecule has 0 aliphatic heterocycles. The van der Waals surface area contributed by atoms with Gasteiger partial charge in [0.2, 0.25) is 0 Å². The first-order chi connectivity index (χ1) is 7.10. The van der Waals surface area contributed by atoms with E-state index in [1.807, 2.05) is 0 Å². The molecule has 0 radical (unpaired) electrons.